The molecule has 3 aliphatic heterocycles. The van der Waals surface area contributed by atoms with E-state index < -0.39 is 24.6 Å². The van der Waals surface area contributed by atoms with Crippen molar-refractivity contribution in [3.63, 3.8) is 0 Å². The summed E-state index contributed by atoms with van der Waals surface area (Å²) < 4.78 is 29.1. The molecule has 1 N–H and O–H groups in total. The molecule has 2 bridgehead atoms. The number of ether oxygens (including phenoxy) is 5. The fourth-order valence-corrected chi connectivity index (χ4v) is 3.45. The Kier molecular flexibility index (Phi) is 5.12. The van der Waals surface area contributed by atoms with Crippen LogP contribution in [0.2, 0.25) is 0 Å². The normalized spacial score (nSPS) is 39.0. The zero-order valence-corrected chi connectivity index (χ0v) is 13.6. The van der Waals surface area contributed by atoms with E-state index in [1.807, 2.05) is 30.3 Å². The highest BCUT2D eigenvalue weighted by molar-refractivity contribution is 5.13. The Morgan fingerprint density at radius 3 is 2.75 bits per heavy atom. The van der Waals surface area contributed by atoms with Gasteiger partial charge in [-0.3, -0.25) is 0 Å². The summed E-state index contributed by atoms with van der Waals surface area (Å²) in [6, 6.07) is 9.90. The number of hydrogen-bond acceptors (Lipinski definition) is 6. The third-order valence-electron chi connectivity index (χ3n) is 4.78. The summed E-state index contributed by atoms with van der Waals surface area (Å²) in [5.41, 5.74) is 1.05. The molecule has 3 heterocycles. The van der Waals surface area contributed by atoms with Crippen LogP contribution in [0.3, 0.4) is 0 Å². The molecule has 132 valence electrons. The van der Waals surface area contributed by atoms with Gasteiger partial charge in [-0.15, -0.1) is 0 Å². The standard InChI is InChI=1S/C18H24O6/c19-15-13-11-22-18(23-13)17(24-14-8-4-5-9-20-14)16(15)21-10-12-6-2-1-3-7-12/h1-3,6-7,13-19H,4-5,8-11H2/t13-,14?,15+,16-,17-,18-/m1/s1. The van der Waals surface area contributed by atoms with Crippen LogP contribution in [-0.4, -0.2) is 55.3 Å². The van der Waals surface area contributed by atoms with Gasteiger partial charge in [0.15, 0.2) is 12.6 Å². The van der Waals surface area contributed by atoms with Crippen molar-refractivity contribution in [2.24, 2.45) is 0 Å². The van der Waals surface area contributed by atoms with Gasteiger partial charge >= 0.3 is 0 Å². The lowest BCUT2D eigenvalue weighted by atomic mass is 10.0. The van der Waals surface area contributed by atoms with Gasteiger partial charge in [0.05, 0.1) is 13.2 Å². The third kappa shape index (κ3) is 3.49. The zero-order valence-electron chi connectivity index (χ0n) is 13.6. The minimum Gasteiger partial charge on any atom is -0.387 e. The lowest BCUT2D eigenvalue weighted by Crippen LogP contribution is -2.57. The number of aliphatic hydroxyl groups is 1. The quantitative estimate of drug-likeness (QED) is 0.881. The third-order valence-corrected chi connectivity index (χ3v) is 4.78. The second-order valence-electron chi connectivity index (χ2n) is 6.52. The minimum absolute atomic E-state index is 0.289. The first-order chi connectivity index (χ1) is 11.8. The van der Waals surface area contributed by atoms with Crippen molar-refractivity contribution in [1.29, 1.82) is 0 Å². The second-order valence-corrected chi connectivity index (χ2v) is 6.52. The van der Waals surface area contributed by atoms with Gasteiger partial charge in [0.1, 0.15) is 24.4 Å². The highest BCUT2D eigenvalue weighted by Gasteiger charge is 2.52. The molecule has 0 radical (unpaired) electrons. The van der Waals surface area contributed by atoms with Gasteiger partial charge in [-0.2, -0.15) is 0 Å². The Balaban J connectivity index is 1.45. The average molecular weight is 336 g/mol. The van der Waals surface area contributed by atoms with Gasteiger partial charge in [0, 0.05) is 6.61 Å². The molecule has 6 atom stereocenters. The molecule has 6 heteroatoms. The summed E-state index contributed by atoms with van der Waals surface area (Å²) in [6.45, 7) is 1.47. The van der Waals surface area contributed by atoms with E-state index in [4.69, 9.17) is 23.7 Å². The van der Waals surface area contributed by atoms with E-state index in [1.165, 1.54) is 0 Å². The number of rotatable bonds is 5. The first-order valence-corrected chi connectivity index (χ1v) is 8.69. The van der Waals surface area contributed by atoms with Gasteiger partial charge in [-0.1, -0.05) is 30.3 Å². The van der Waals surface area contributed by atoms with Crippen molar-refractivity contribution in [3.05, 3.63) is 35.9 Å². The molecule has 3 saturated heterocycles. The molecule has 4 rings (SSSR count). The molecule has 0 saturated carbocycles. The molecular weight excluding hydrogens is 312 g/mol. The molecule has 3 aliphatic rings. The lowest BCUT2D eigenvalue weighted by molar-refractivity contribution is -0.299. The number of hydrogen-bond donors (Lipinski definition) is 1. The van der Waals surface area contributed by atoms with E-state index in [1.54, 1.807) is 0 Å². The van der Waals surface area contributed by atoms with Crippen LogP contribution in [0.5, 0.6) is 0 Å². The van der Waals surface area contributed by atoms with Crippen molar-refractivity contribution in [3.8, 4) is 0 Å². The van der Waals surface area contributed by atoms with Crippen molar-refractivity contribution in [2.75, 3.05) is 13.2 Å². The Labute approximate surface area is 141 Å². The number of aliphatic hydroxyl groups excluding tert-OH is 1. The monoisotopic (exact) mass is 336 g/mol. The van der Waals surface area contributed by atoms with Gasteiger partial charge in [0.25, 0.3) is 0 Å². The molecule has 1 aromatic carbocycles. The molecule has 0 spiro atoms. The molecule has 0 aromatic heterocycles. The van der Waals surface area contributed by atoms with E-state index in [-0.39, 0.29) is 12.4 Å². The fourth-order valence-electron chi connectivity index (χ4n) is 3.45. The lowest BCUT2D eigenvalue weighted by Gasteiger charge is -2.40. The highest BCUT2D eigenvalue weighted by atomic mass is 16.8. The first kappa shape index (κ1) is 16.4. The highest BCUT2D eigenvalue weighted by Crippen LogP contribution is 2.34. The van der Waals surface area contributed by atoms with Crippen LogP contribution >= 0.6 is 0 Å². The predicted molar refractivity (Wildman–Crippen MR) is 84.1 cm³/mol. The Morgan fingerprint density at radius 2 is 1.96 bits per heavy atom. The molecule has 24 heavy (non-hydrogen) atoms. The second kappa shape index (κ2) is 7.47. The summed E-state index contributed by atoms with van der Waals surface area (Å²) >= 11 is 0. The molecule has 1 aromatic rings. The summed E-state index contributed by atoms with van der Waals surface area (Å²) in [7, 11) is 0. The summed E-state index contributed by atoms with van der Waals surface area (Å²) in [5, 5.41) is 10.6. The van der Waals surface area contributed by atoms with Crippen molar-refractivity contribution < 1.29 is 28.8 Å². The van der Waals surface area contributed by atoms with Gasteiger partial charge in [-0.25, -0.2) is 0 Å². The minimum atomic E-state index is -0.777. The fraction of sp³-hybridized carbons (Fsp3) is 0.667. The summed E-state index contributed by atoms with van der Waals surface area (Å²) in [4.78, 5) is 0. The van der Waals surface area contributed by atoms with Crippen LogP contribution < -0.4 is 0 Å². The van der Waals surface area contributed by atoms with Crippen molar-refractivity contribution in [1.82, 2.24) is 0 Å². The van der Waals surface area contributed by atoms with E-state index in [0.717, 1.165) is 24.8 Å². The Hall–Kier alpha value is -1.02. The van der Waals surface area contributed by atoms with Crippen molar-refractivity contribution in [2.45, 2.75) is 62.9 Å². The molecule has 1 unspecified atom stereocenters. The van der Waals surface area contributed by atoms with Gasteiger partial charge in [0.2, 0.25) is 0 Å². The topological polar surface area (TPSA) is 66.4 Å². The maximum Gasteiger partial charge on any atom is 0.187 e. The largest absolute Gasteiger partial charge is 0.387 e. The zero-order chi connectivity index (χ0) is 16.4. The molecule has 3 fully saturated rings. The van der Waals surface area contributed by atoms with Crippen molar-refractivity contribution >= 4 is 0 Å². The van der Waals surface area contributed by atoms with E-state index in [2.05, 4.69) is 0 Å². The van der Waals surface area contributed by atoms with Crippen LogP contribution in [0, 0.1) is 0 Å². The SMILES string of the molecule is O[C@@H]1[C@@H](OCc2ccccc2)[C@@H](OC2CCCCO2)[C@@H]2OC[C@H]1O2. The Morgan fingerprint density at radius 1 is 1.08 bits per heavy atom. The van der Waals surface area contributed by atoms with E-state index >= 15 is 0 Å². The van der Waals surface area contributed by atoms with Crippen LogP contribution in [-0.2, 0) is 30.3 Å². The summed E-state index contributed by atoms with van der Waals surface area (Å²) in [5.74, 6) is 0. The number of benzene rings is 1. The van der Waals surface area contributed by atoms with Gasteiger partial charge in [-0.05, 0) is 24.8 Å². The molecule has 0 aliphatic carbocycles. The summed E-state index contributed by atoms with van der Waals surface area (Å²) in [6.07, 6.45) is 0.0439. The number of fused-ring (bicyclic) bond motifs is 2. The van der Waals surface area contributed by atoms with Gasteiger partial charge < -0.3 is 28.8 Å². The van der Waals surface area contributed by atoms with E-state index in [0.29, 0.717) is 19.8 Å². The average Bonchev–Trinajstić information content (AvgIpc) is 3.08. The maximum atomic E-state index is 10.6. The first-order valence-electron chi connectivity index (χ1n) is 8.69. The van der Waals surface area contributed by atoms with E-state index in [9.17, 15) is 5.11 Å². The maximum absolute atomic E-state index is 10.6. The predicted octanol–water partition coefficient (Wildman–Crippen LogP) is 1.60. The Bertz CT molecular complexity index is 518. The van der Waals surface area contributed by atoms with Crippen LogP contribution in [0.15, 0.2) is 30.3 Å². The van der Waals surface area contributed by atoms with Crippen LogP contribution in [0.25, 0.3) is 0 Å². The molecule has 6 nitrogen and oxygen atoms in total. The van der Waals surface area contributed by atoms with Crippen LogP contribution in [0.1, 0.15) is 24.8 Å². The van der Waals surface area contributed by atoms with Crippen LogP contribution in [0.4, 0.5) is 0 Å². The smallest absolute Gasteiger partial charge is 0.187 e. The molecular formula is C18H24O6. The molecule has 0 amide bonds.